The third-order valence-electron chi connectivity index (χ3n) is 3.30. The van der Waals surface area contributed by atoms with E-state index in [0.717, 1.165) is 5.56 Å². The molecule has 0 bridgehead atoms. The lowest BCUT2D eigenvalue weighted by Gasteiger charge is -2.19. The molecular weight excluding hydrogens is 312 g/mol. The van der Waals surface area contributed by atoms with Crippen molar-refractivity contribution in [3.8, 4) is 0 Å². The molecule has 0 saturated carbocycles. The zero-order valence-electron chi connectivity index (χ0n) is 13.3. The lowest BCUT2D eigenvalue weighted by atomic mass is 9.87. The zero-order chi connectivity index (χ0) is 17.0. The first-order valence-electron chi connectivity index (χ1n) is 7.24. The number of carbonyl (C=O) groups excluding carboxylic acids is 2. The van der Waals surface area contributed by atoms with Crippen LogP contribution < -0.4 is 10.6 Å². The van der Waals surface area contributed by atoms with Gasteiger partial charge in [-0.15, -0.1) is 0 Å². The third-order valence-corrected chi connectivity index (χ3v) is 3.53. The fourth-order valence-electron chi connectivity index (χ4n) is 2.00. The fourth-order valence-corrected chi connectivity index (χ4v) is 2.19. The van der Waals surface area contributed by atoms with Gasteiger partial charge < -0.3 is 10.6 Å². The molecule has 0 aliphatic heterocycles. The van der Waals surface area contributed by atoms with Gasteiger partial charge in [-0.25, -0.2) is 0 Å². The van der Waals surface area contributed by atoms with Gasteiger partial charge in [0, 0.05) is 16.4 Å². The SMILES string of the molecule is CC(C)(C)c1ccc(NC(=O)C(=O)Nc2cccc(Cl)c2)cc1. The normalized spacial score (nSPS) is 11.0. The largest absolute Gasteiger partial charge is 0.318 e. The van der Waals surface area contributed by atoms with Crippen LogP contribution in [0.4, 0.5) is 11.4 Å². The number of amides is 2. The zero-order valence-corrected chi connectivity index (χ0v) is 14.1. The molecule has 4 nitrogen and oxygen atoms in total. The Morgan fingerprint density at radius 3 is 1.96 bits per heavy atom. The molecule has 23 heavy (non-hydrogen) atoms. The van der Waals surface area contributed by atoms with E-state index in [1.54, 1.807) is 36.4 Å². The molecule has 2 N–H and O–H groups in total. The molecule has 120 valence electrons. The molecule has 0 heterocycles. The van der Waals surface area contributed by atoms with Gasteiger partial charge >= 0.3 is 11.8 Å². The number of halogens is 1. The molecule has 0 atom stereocenters. The number of hydrogen-bond acceptors (Lipinski definition) is 2. The van der Waals surface area contributed by atoms with E-state index in [0.29, 0.717) is 16.4 Å². The van der Waals surface area contributed by atoms with Gasteiger partial charge in [0.15, 0.2) is 0 Å². The van der Waals surface area contributed by atoms with Crippen LogP contribution in [0, 0.1) is 0 Å². The maximum absolute atomic E-state index is 11.9. The quantitative estimate of drug-likeness (QED) is 0.810. The number of hydrogen-bond donors (Lipinski definition) is 2. The van der Waals surface area contributed by atoms with Gasteiger partial charge in [-0.1, -0.05) is 50.6 Å². The summed E-state index contributed by atoms with van der Waals surface area (Å²) >= 11 is 5.84. The van der Waals surface area contributed by atoms with Crippen LogP contribution in [0.5, 0.6) is 0 Å². The van der Waals surface area contributed by atoms with E-state index >= 15 is 0 Å². The second kappa shape index (κ2) is 6.84. The fraction of sp³-hybridized carbons (Fsp3) is 0.222. The Balaban J connectivity index is 2.00. The molecule has 0 spiro atoms. The van der Waals surface area contributed by atoms with Crippen molar-refractivity contribution in [2.75, 3.05) is 10.6 Å². The summed E-state index contributed by atoms with van der Waals surface area (Å²) in [5, 5.41) is 5.56. The van der Waals surface area contributed by atoms with Crippen molar-refractivity contribution in [2.24, 2.45) is 0 Å². The first-order chi connectivity index (χ1) is 10.8. The first kappa shape index (κ1) is 17.0. The van der Waals surface area contributed by atoms with Crippen LogP contribution in [-0.4, -0.2) is 11.8 Å². The molecular formula is C18H19ClN2O2. The Kier molecular flexibility index (Phi) is 5.06. The van der Waals surface area contributed by atoms with Crippen LogP contribution in [0.3, 0.4) is 0 Å². The highest BCUT2D eigenvalue weighted by molar-refractivity contribution is 6.43. The summed E-state index contributed by atoms with van der Waals surface area (Å²) in [6.07, 6.45) is 0. The molecule has 0 aromatic heterocycles. The summed E-state index contributed by atoms with van der Waals surface area (Å²) in [6, 6.07) is 14.1. The molecule has 0 unspecified atom stereocenters. The predicted octanol–water partition coefficient (Wildman–Crippen LogP) is 4.21. The third kappa shape index (κ3) is 4.83. The number of nitrogens with one attached hydrogen (secondary N) is 2. The van der Waals surface area contributed by atoms with Crippen molar-refractivity contribution in [3.05, 3.63) is 59.1 Å². The molecule has 0 saturated heterocycles. The lowest BCUT2D eigenvalue weighted by Crippen LogP contribution is -2.29. The van der Waals surface area contributed by atoms with Gasteiger partial charge in [-0.05, 0) is 41.3 Å². The van der Waals surface area contributed by atoms with E-state index in [1.165, 1.54) is 0 Å². The van der Waals surface area contributed by atoms with Crippen molar-refractivity contribution in [2.45, 2.75) is 26.2 Å². The van der Waals surface area contributed by atoms with Gasteiger partial charge in [-0.3, -0.25) is 9.59 Å². The van der Waals surface area contributed by atoms with E-state index in [-0.39, 0.29) is 5.41 Å². The summed E-state index contributed by atoms with van der Waals surface area (Å²) < 4.78 is 0. The van der Waals surface area contributed by atoms with Gasteiger partial charge in [0.05, 0.1) is 0 Å². The maximum atomic E-state index is 11.9. The van der Waals surface area contributed by atoms with Crippen molar-refractivity contribution >= 4 is 34.8 Å². The average Bonchev–Trinajstić information content (AvgIpc) is 2.46. The molecule has 5 heteroatoms. The summed E-state index contributed by atoms with van der Waals surface area (Å²) in [6.45, 7) is 6.33. The van der Waals surface area contributed by atoms with Crippen LogP contribution in [0.25, 0.3) is 0 Å². The number of benzene rings is 2. The molecule has 2 amide bonds. The van der Waals surface area contributed by atoms with Gasteiger partial charge in [0.1, 0.15) is 0 Å². The van der Waals surface area contributed by atoms with Crippen molar-refractivity contribution < 1.29 is 9.59 Å². The number of carbonyl (C=O) groups is 2. The first-order valence-corrected chi connectivity index (χ1v) is 7.62. The van der Waals surface area contributed by atoms with Crippen LogP contribution in [0.1, 0.15) is 26.3 Å². The Morgan fingerprint density at radius 2 is 1.43 bits per heavy atom. The molecule has 2 aromatic rings. The minimum absolute atomic E-state index is 0.0342. The smallest absolute Gasteiger partial charge is 0.314 e. The Bertz CT molecular complexity index is 719. The standard InChI is InChI=1S/C18H19ClN2O2/c1-18(2,3)12-7-9-14(10-8-12)20-16(22)17(23)21-15-6-4-5-13(19)11-15/h4-11H,1-3H3,(H,20,22)(H,21,23). The van der Waals surface area contributed by atoms with Crippen molar-refractivity contribution in [3.63, 3.8) is 0 Å². The molecule has 2 aromatic carbocycles. The molecule has 2 rings (SSSR count). The summed E-state index contributed by atoms with van der Waals surface area (Å²) in [7, 11) is 0. The Hall–Kier alpha value is -2.33. The predicted molar refractivity (Wildman–Crippen MR) is 93.9 cm³/mol. The van der Waals surface area contributed by atoms with Gasteiger partial charge in [0.2, 0.25) is 0 Å². The number of anilines is 2. The minimum atomic E-state index is -0.743. The van der Waals surface area contributed by atoms with Crippen molar-refractivity contribution in [1.29, 1.82) is 0 Å². The van der Waals surface area contributed by atoms with Crippen molar-refractivity contribution in [1.82, 2.24) is 0 Å². The number of rotatable bonds is 2. The van der Waals surface area contributed by atoms with E-state index < -0.39 is 11.8 Å². The molecule has 0 aliphatic rings. The van der Waals surface area contributed by atoms with Crippen LogP contribution in [0.2, 0.25) is 5.02 Å². The highest BCUT2D eigenvalue weighted by Gasteiger charge is 2.16. The highest BCUT2D eigenvalue weighted by Crippen LogP contribution is 2.23. The van der Waals surface area contributed by atoms with Crippen LogP contribution in [0.15, 0.2) is 48.5 Å². The topological polar surface area (TPSA) is 58.2 Å². The van der Waals surface area contributed by atoms with Crippen LogP contribution in [-0.2, 0) is 15.0 Å². The van der Waals surface area contributed by atoms with E-state index in [4.69, 9.17) is 11.6 Å². The van der Waals surface area contributed by atoms with Crippen LogP contribution >= 0.6 is 11.6 Å². The second-order valence-corrected chi connectivity index (χ2v) is 6.68. The molecule has 0 aliphatic carbocycles. The van der Waals surface area contributed by atoms with E-state index in [9.17, 15) is 9.59 Å². The Labute approximate surface area is 140 Å². The Morgan fingerprint density at radius 1 is 0.870 bits per heavy atom. The minimum Gasteiger partial charge on any atom is -0.318 e. The molecule has 0 fully saturated rings. The second-order valence-electron chi connectivity index (χ2n) is 6.25. The van der Waals surface area contributed by atoms with Gasteiger partial charge in [0.25, 0.3) is 0 Å². The summed E-state index contributed by atoms with van der Waals surface area (Å²) in [5.74, 6) is -1.47. The monoisotopic (exact) mass is 330 g/mol. The van der Waals surface area contributed by atoms with E-state index in [2.05, 4.69) is 31.4 Å². The lowest BCUT2D eigenvalue weighted by molar-refractivity contribution is -0.132. The van der Waals surface area contributed by atoms with E-state index in [1.807, 2.05) is 12.1 Å². The highest BCUT2D eigenvalue weighted by atomic mass is 35.5. The van der Waals surface area contributed by atoms with Gasteiger partial charge in [-0.2, -0.15) is 0 Å². The average molecular weight is 331 g/mol. The summed E-state index contributed by atoms with van der Waals surface area (Å²) in [5.41, 5.74) is 2.23. The maximum Gasteiger partial charge on any atom is 0.314 e. The molecule has 0 radical (unpaired) electrons. The summed E-state index contributed by atoms with van der Waals surface area (Å²) in [4.78, 5) is 23.8.